The molecular weight excluding hydrogens is 236 g/mol. The molecule has 0 fully saturated rings. The Hall–Kier alpha value is -0.930. The standard InChI is InChI=1S/C13H14OS2/c1-3-9-5-7-15-12(9)11(14)13-10(4-2)6-8-16-13/h5-8H,3-4H2,1-2H3. The average Bonchev–Trinajstić information content (AvgIpc) is 2.96. The molecule has 2 aromatic rings. The van der Waals surface area contributed by atoms with Crippen molar-refractivity contribution in [1.29, 1.82) is 0 Å². The van der Waals surface area contributed by atoms with E-state index in [0.717, 1.165) is 22.6 Å². The third-order valence-corrected chi connectivity index (χ3v) is 4.58. The second kappa shape index (κ2) is 4.93. The molecule has 0 aromatic carbocycles. The maximum absolute atomic E-state index is 12.3. The molecule has 0 aliphatic carbocycles. The van der Waals surface area contributed by atoms with Crippen LogP contribution in [0.3, 0.4) is 0 Å². The van der Waals surface area contributed by atoms with Gasteiger partial charge in [-0.05, 0) is 46.9 Å². The molecule has 0 saturated heterocycles. The van der Waals surface area contributed by atoms with E-state index in [1.807, 2.05) is 10.8 Å². The summed E-state index contributed by atoms with van der Waals surface area (Å²) in [7, 11) is 0. The molecule has 0 atom stereocenters. The van der Waals surface area contributed by atoms with Crippen molar-refractivity contribution in [2.24, 2.45) is 0 Å². The van der Waals surface area contributed by atoms with E-state index < -0.39 is 0 Å². The quantitative estimate of drug-likeness (QED) is 0.744. The maximum atomic E-state index is 12.3. The first-order valence-electron chi connectivity index (χ1n) is 5.45. The van der Waals surface area contributed by atoms with Crippen molar-refractivity contribution in [2.75, 3.05) is 0 Å². The third kappa shape index (κ3) is 1.97. The van der Waals surface area contributed by atoms with E-state index in [-0.39, 0.29) is 5.78 Å². The first-order valence-corrected chi connectivity index (χ1v) is 7.21. The zero-order chi connectivity index (χ0) is 11.5. The summed E-state index contributed by atoms with van der Waals surface area (Å²) in [6, 6.07) is 4.11. The molecule has 0 bridgehead atoms. The van der Waals surface area contributed by atoms with Crippen LogP contribution in [0.5, 0.6) is 0 Å². The van der Waals surface area contributed by atoms with Gasteiger partial charge in [0.25, 0.3) is 0 Å². The van der Waals surface area contributed by atoms with Gasteiger partial charge in [-0.1, -0.05) is 13.8 Å². The Bertz CT molecular complexity index is 449. The molecule has 0 radical (unpaired) electrons. The Morgan fingerprint density at radius 2 is 1.44 bits per heavy atom. The minimum Gasteiger partial charge on any atom is -0.287 e. The van der Waals surface area contributed by atoms with Crippen LogP contribution in [0.2, 0.25) is 0 Å². The molecule has 0 spiro atoms. The first kappa shape index (κ1) is 11.6. The normalized spacial score (nSPS) is 10.6. The highest BCUT2D eigenvalue weighted by Crippen LogP contribution is 2.26. The van der Waals surface area contributed by atoms with Crippen LogP contribution in [0.15, 0.2) is 22.9 Å². The van der Waals surface area contributed by atoms with Gasteiger partial charge in [-0.3, -0.25) is 4.79 Å². The van der Waals surface area contributed by atoms with Gasteiger partial charge in [-0.25, -0.2) is 0 Å². The van der Waals surface area contributed by atoms with Crippen molar-refractivity contribution in [3.05, 3.63) is 43.8 Å². The van der Waals surface area contributed by atoms with E-state index in [4.69, 9.17) is 0 Å². The van der Waals surface area contributed by atoms with E-state index >= 15 is 0 Å². The second-order valence-corrected chi connectivity index (χ2v) is 5.42. The summed E-state index contributed by atoms with van der Waals surface area (Å²) in [5.41, 5.74) is 2.34. The molecule has 84 valence electrons. The Balaban J connectivity index is 2.39. The summed E-state index contributed by atoms with van der Waals surface area (Å²) in [6.45, 7) is 4.18. The third-order valence-electron chi connectivity index (χ3n) is 2.67. The predicted molar refractivity (Wildman–Crippen MR) is 70.8 cm³/mol. The Morgan fingerprint density at radius 1 is 1.00 bits per heavy atom. The molecule has 0 aliphatic heterocycles. The maximum Gasteiger partial charge on any atom is 0.213 e. The van der Waals surface area contributed by atoms with Gasteiger partial charge < -0.3 is 0 Å². The molecule has 0 N–H and O–H groups in total. The van der Waals surface area contributed by atoms with Crippen LogP contribution in [-0.4, -0.2) is 5.78 Å². The molecule has 3 heteroatoms. The van der Waals surface area contributed by atoms with Crippen molar-refractivity contribution < 1.29 is 4.79 Å². The van der Waals surface area contributed by atoms with E-state index in [0.29, 0.717) is 0 Å². The first-order chi connectivity index (χ1) is 7.77. The summed E-state index contributed by atoms with van der Waals surface area (Å²) in [4.78, 5) is 14.2. The Kier molecular flexibility index (Phi) is 3.56. The number of hydrogen-bond acceptors (Lipinski definition) is 3. The van der Waals surface area contributed by atoms with Crippen LogP contribution >= 0.6 is 22.7 Å². The van der Waals surface area contributed by atoms with E-state index in [9.17, 15) is 4.79 Å². The fourth-order valence-electron chi connectivity index (χ4n) is 1.73. The largest absolute Gasteiger partial charge is 0.287 e. The van der Waals surface area contributed by atoms with E-state index in [2.05, 4.69) is 26.0 Å². The highest BCUT2D eigenvalue weighted by Gasteiger charge is 2.18. The van der Waals surface area contributed by atoms with Crippen molar-refractivity contribution in [2.45, 2.75) is 26.7 Å². The van der Waals surface area contributed by atoms with Crippen LogP contribution in [0.1, 0.15) is 39.5 Å². The molecule has 16 heavy (non-hydrogen) atoms. The van der Waals surface area contributed by atoms with E-state index in [1.165, 1.54) is 11.1 Å². The van der Waals surface area contributed by atoms with Crippen molar-refractivity contribution in [3.63, 3.8) is 0 Å². The smallest absolute Gasteiger partial charge is 0.213 e. The summed E-state index contributed by atoms with van der Waals surface area (Å²) < 4.78 is 0. The average molecular weight is 250 g/mol. The van der Waals surface area contributed by atoms with Gasteiger partial charge in [-0.2, -0.15) is 0 Å². The number of aryl methyl sites for hydroxylation is 2. The summed E-state index contributed by atoms with van der Waals surface area (Å²) in [6.07, 6.45) is 1.86. The zero-order valence-electron chi connectivity index (χ0n) is 9.45. The lowest BCUT2D eigenvalue weighted by Crippen LogP contribution is -2.01. The topological polar surface area (TPSA) is 17.1 Å². The molecule has 0 amide bonds. The summed E-state index contributed by atoms with van der Waals surface area (Å²) >= 11 is 3.11. The number of carbonyl (C=O) groups excluding carboxylic acids is 1. The summed E-state index contributed by atoms with van der Waals surface area (Å²) in [5, 5.41) is 4.01. The SMILES string of the molecule is CCc1ccsc1C(=O)c1sccc1CC. The monoisotopic (exact) mass is 250 g/mol. The molecule has 2 aromatic heterocycles. The van der Waals surface area contributed by atoms with E-state index in [1.54, 1.807) is 22.7 Å². The Morgan fingerprint density at radius 3 is 1.81 bits per heavy atom. The van der Waals surface area contributed by atoms with Crippen LogP contribution in [0, 0.1) is 0 Å². The van der Waals surface area contributed by atoms with Crippen molar-refractivity contribution in [3.8, 4) is 0 Å². The lowest BCUT2D eigenvalue weighted by molar-refractivity contribution is 0.104. The molecule has 1 nitrogen and oxygen atoms in total. The van der Waals surface area contributed by atoms with Gasteiger partial charge in [0.15, 0.2) is 0 Å². The zero-order valence-corrected chi connectivity index (χ0v) is 11.1. The second-order valence-electron chi connectivity index (χ2n) is 3.59. The minimum absolute atomic E-state index is 0.207. The number of rotatable bonds is 4. The number of thiophene rings is 2. The molecular formula is C13H14OS2. The number of hydrogen-bond donors (Lipinski definition) is 0. The van der Waals surface area contributed by atoms with Crippen molar-refractivity contribution in [1.82, 2.24) is 0 Å². The highest BCUT2D eigenvalue weighted by atomic mass is 32.1. The fourth-order valence-corrected chi connectivity index (χ4v) is 3.68. The van der Waals surface area contributed by atoms with Gasteiger partial charge >= 0.3 is 0 Å². The van der Waals surface area contributed by atoms with Crippen LogP contribution in [-0.2, 0) is 12.8 Å². The lowest BCUT2D eigenvalue weighted by atomic mass is 10.1. The molecule has 2 heterocycles. The summed E-state index contributed by atoms with van der Waals surface area (Å²) in [5.74, 6) is 0.207. The van der Waals surface area contributed by atoms with Gasteiger partial charge in [0.1, 0.15) is 0 Å². The fraction of sp³-hybridized carbons (Fsp3) is 0.308. The predicted octanol–water partition coefficient (Wildman–Crippen LogP) is 4.17. The minimum atomic E-state index is 0.207. The van der Waals surface area contributed by atoms with Crippen LogP contribution < -0.4 is 0 Å². The number of carbonyl (C=O) groups is 1. The van der Waals surface area contributed by atoms with Crippen LogP contribution in [0.4, 0.5) is 0 Å². The number of ketones is 1. The van der Waals surface area contributed by atoms with Gasteiger partial charge in [0.2, 0.25) is 5.78 Å². The van der Waals surface area contributed by atoms with Crippen molar-refractivity contribution >= 4 is 28.5 Å². The van der Waals surface area contributed by atoms with Gasteiger partial charge in [0.05, 0.1) is 9.75 Å². The molecule has 0 saturated carbocycles. The van der Waals surface area contributed by atoms with Crippen LogP contribution in [0.25, 0.3) is 0 Å². The van der Waals surface area contributed by atoms with Gasteiger partial charge in [0, 0.05) is 0 Å². The lowest BCUT2D eigenvalue weighted by Gasteiger charge is -2.01. The molecule has 2 rings (SSSR count). The molecule has 0 aliphatic rings. The highest BCUT2D eigenvalue weighted by molar-refractivity contribution is 7.16. The van der Waals surface area contributed by atoms with Gasteiger partial charge in [-0.15, -0.1) is 22.7 Å². The Labute approximate surface area is 104 Å². The molecule has 0 unspecified atom stereocenters.